The summed E-state index contributed by atoms with van der Waals surface area (Å²) in [6, 6.07) is 5.21. The molecule has 0 aliphatic heterocycles. The molecular weight excluding hydrogens is 344 g/mol. The Morgan fingerprint density at radius 1 is 1.11 bits per heavy atom. The van der Waals surface area contributed by atoms with Gasteiger partial charge in [-0.15, -0.1) is 0 Å². The summed E-state index contributed by atoms with van der Waals surface area (Å²) < 4.78 is 10.5. The maximum atomic E-state index is 12.6. The highest BCUT2D eigenvalue weighted by molar-refractivity contribution is 5.99. The zero-order valence-corrected chi connectivity index (χ0v) is 16.5. The smallest absolute Gasteiger partial charge is 0.258 e. The van der Waals surface area contributed by atoms with E-state index in [1.807, 2.05) is 0 Å². The molecule has 148 valence electrons. The van der Waals surface area contributed by atoms with E-state index in [1.54, 1.807) is 30.0 Å². The van der Waals surface area contributed by atoms with Crippen molar-refractivity contribution in [1.82, 2.24) is 10.2 Å². The molecule has 1 aliphatic rings. The van der Waals surface area contributed by atoms with Crippen molar-refractivity contribution in [3.05, 3.63) is 35.4 Å². The summed E-state index contributed by atoms with van der Waals surface area (Å²) >= 11 is 0. The lowest BCUT2D eigenvalue weighted by Gasteiger charge is -2.23. The molecule has 0 unspecified atom stereocenters. The molecule has 1 aliphatic carbocycles. The number of hydrogen-bond acceptors (Lipinski definition) is 4. The Morgan fingerprint density at radius 2 is 1.81 bits per heavy atom. The van der Waals surface area contributed by atoms with Crippen molar-refractivity contribution < 1.29 is 19.1 Å². The fourth-order valence-electron chi connectivity index (χ4n) is 3.30. The largest absolute Gasteiger partial charge is 0.496 e. The summed E-state index contributed by atoms with van der Waals surface area (Å²) in [6.45, 7) is 3.11. The molecule has 0 fully saturated rings. The van der Waals surface area contributed by atoms with Crippen LogP contribution in [-0.2, 0) is 4.79 Å². The maximum Gasteiger partial charge on any atom is 0.258 e. The highest BCUT2D eigenvalue weighted by Crippen LogP contribution is 2.27. The summed E-state index contributed by atoms with van der Waals surface area (Å²) in [6.07, 6.45) is 7.99. The molecule has 2 rings (SSSR count). The normalized spacial score (nSPS) is 13.5. The summed E-state index contributed by atoms with van der Waals surface area (Å²) in [5, 5.41) is 2.86. The third-order valence-corrected chi connectivity index (χ3v) is 4.86. The van der Waals surface area contributed by atoms with Gasteiger partial charge in [-0.2, -0.15) is 0 Å². The van der Waals surface area contributed by atoms with Crippen molar-refractivity contribution in [1.29, 1.82) is 0 Å². The highest BCUT2D eigenvalue weighted by Gasteiger charge is 2.18. The van der Waals surface area contributed by atoms with E-state index in [1.165, 1.54) is 32.6 Å². The lowest BCUT2D eigenvalue weighted by atomic mass is 9.97. The van der Waals surface area contributed by atoms with Gasteiger partial charge in [-0.05, 0) is 44.2 Å². The molecule has 0 saturated heterocycles. The topological polar surface area (TPSA) is 67.9 Å². The number of rotatable bonds is 9. The van der Waals surface area contributed by atoms with Crippen molar-refractivity contribution in [3.63, 3.8) is 0 Å². The molecular formula is C21H30N2O4. The predicted molar refractivity (Wildman–Crippen MR) is 105 cm³/mol. The summed E-state index contributed by atoms with van der Waals surface area (Å²) in [5.41, 5.74) is 1.81. The first kappa shape index (κ1) is 20.8. The number of carbonyl (C=O) groups excluding carboxylic acids is 2. The second-order valence-corrected chi connectivity index (χ2v) is 6.66. The van der Waals surface area contributed by atoms with Gasteiger partial charge in [0.05, 0.1) is 14.2 Å². The van der Waals surface area contributed by atoms with E-state index in [0.717, 1.165) is 19.3 Å². The van der Waals surface area contributed by atoms with Crippen LogP contribution in [0.4, 0.5) is 0 Å². The van der Waals surface area contributed by atoms with Crippen molar-refractivity contribution in [3.8, 4) is 11.5 Å². The SMILES string of the molecule is COc1cccc(OC)c1C(=O)NCCN(CCC1=CCCCC1)C(C)=O. The molecule has 27 heavy (non-hydrogen) atoms. The van der Waals surface area contributed by atoms with Gasteiger partial charge in [0, 0.05) is 26.6 Å². The molecule has 0 aromatic heterocycles. The second kappa shape index (κ2) is 10.6. The maximum absolute atomic E-state index is 12.6. The number of hydrogen-bond donors (Lipinski definition) is 1. The van der Waals surface area contributed by atoms with Gasteiger partial charge in [-0.1, -0.05) is 17.7 Å². The number of ether oxygens (including phenoxy) is 2. The number of amides is 2. The summed E-state index contributed by atoms with van der Waals surface area (Å²) in [5.74, 6) is 0.664. The average Bonchev–Trinajstić information content (AvgIpc) is 2.70. The van der Waals surface area contributed by atoms with E-state index in [2.05, 4.69) is 11.4 Å². The molecule has 0 saturated carbocycles. The number of nitrogens with one attached hydrogen (secondary N) is 1. The van der Waals surface area contributed by atoms with Gasteiger partial charge in [-0.25, -0.2) is 0 Å². The van der Waals surface area contributed by atoms with Crippen molar-refractivity contribution in [2.45, 2.75) is 39.0 Å². The van der Waals surface area contributed by atoms with Gasteiger partial charge in [0.15, 0.2) is 0 Å². The number of carbonyl (C=O) groups is 2. The molecule has 6 nitrogen and oxygen atoms in total. The number of nitrogens with zero attached hydrogens (tertiary/aromatic N) is 1. The first-order valence-electron chi connectivity index (χ1n) is 9.49. The fraction of sp³-hybridized carbons (Fsp3) is 0.524. The zero-order valence-electron chi connectivity index (χ0n) is 16.5. The molecule has 0 radical (unpaired) electrons. The molecule has 0 spiro atoms. The Labute approximate surface area is 161 Å². The van der Waals surface area contributed by atoms with Crippen molar-refractivity contribution in [2.75, 3.05) is 33.9 Å². The Hall–Kier alpha value is -2.50. The van der Waals surface area contributed by atoms with Crippen LogP contribution < -0.4 is 14.8 Å². The van der Waals surface area contributed by atoms with Crippen LogP contribution in [0.15, 0.2) is 29.8 Å². The molecule has 6 heteroatoms. The van der Waals surface area contributed by atoms with Crippen LogP contribution in [0.3, 0.4) is 0 Å². The van der Waals surface area contributed by atoms with Crippen LogP contribution in [0, 0.1) is 0 Å². The summed E-state index contributed by atoms with van der Waals surface area (Å²) in [7, 11) is 3.03. The van der Waals surface area contributed by atoms with E-state index < -0.39 is 0 Å². The van der Waals surface area contributed by atoms with Gasteiger partial charge in [0.2, 0.25) is 5.91 Å². The van der Waals surface area contributed by atoms with Gasteiger partial charge in [-0.3, -0.25) is 9.59 Å². The minimum Gasteiger partial charge on any atom is -0.496 e. The van der Waals surface area contributed by atoms with Crippen LogP contribution in [0.1, 0.15) is 49.4 Å². The number of benzene rings is 1. The Balaban J connectivity index is 1.90. The minimum absolute atomic E-state index is 0.0236. The van der Waals surface area contributed by atoms with Crippen LogP contribution in [0.25, 0.3) is 0 Å². The fourth-order valence-corrected chi connectivity index (χ4v) is 3.30. The van der Waals surface area contributed by atoms with E-state index in [4.69, 9.17) is 9.47 Å². The molecule has 0 bridgehead atoms. The summed E-state index contributed by atoms with van der Waals surface area (Å²) in [4.78, 5) is 26.3. The van der Waals surface area contributed by atoms with Gasteiger partial charge < -0.3 is 19.7 Å². The van der Waals surface area contributed by atoms with Crippen LogP contribution in [-0.4, -0.2) is 50.6 Å². The minimum atomic E-state index is -0.275. The molecule has 0 atom stereocenters. The first-order chi connectivity index (χ1) is 13.1. The van der Waals surface area contributed by atoms with Crippen molar-refractivity contribution in [2.24, 2.45) is 0 Å². The quantitative estimate of drug-likeness (QED) is 0.674. The Bertz CT molecular complexity index is 663. The van der Waals surface area contributed by atoms with Gasteiger partial charge in [0.1, 0.15) is 17.1 Å². The average molecular weight is 374 g/mol. The number of methoxy groups -OCH3 is 2. The third-order valence-electron chi connectivity index (χ3n) is 4.86. The standard InChI is InChI=1S/C21H30N2O4/c1-16(24)23(14-12-17-8-5-4-6-9-17)15-13-22-21(25)20-18(26-2)10-7-11-19(20)27-3/h7-8,10-11H,4-6,9,12-15H2,1-3H3,(H,22,25). The lowest BCUT2D eigenvalue weighted by molar-refractivity contribution is -0.128. The molecule has 2 amide bonds. The van der Waals surface area contributed by atoms with Crippen LogP contribution in [0.2, 0.25) is 0 Å². The highest BCUT2D eigenvalue weighted by atomic mass is 16.5. The molecule has 1 N–H and O–H groups in total. The molecule has 1 aromatic rings. The van der Waals surface area contributed by atoms with E-state index in [0.29, 0.717) is 36.7 Å². The van der Waals surface area contributed by atoms with Crippen LogP contribution >= 0.6 is 0 Å². The van der Waals surface area contributed by atoms with Crippen molar-refractivity contribution >= 4 is 11.8 Å². The van der Waals surface area contributed by atoms with E-state index >= 15 is 0 Å². The van der Waals surface area contributed by atoms with Gasteiger partial charge in [0.25, 0.3) is 5.91 Å². The van der Waals surface area contributed by atoms with E-state index in [-0.39, 0.29) is 11.8 Å². The van der Waals surface area contributed by atoms with Crippen LogP contribution in [0.5, 0.6) is 11.5 Å². The lowest BCUT2D eigenvalue weighted by Crippen LogP contribution is -2.38. The third kappa shape index (κ3) is 6.01. The first-order valence-corrected chi connectivity index (χ1v) is 9.49. The monoisotopic (exact) mass is 374 g/mol. The molecule has 1 aromatic carbocycles. The van der Waals surface area contributed by atoms with E-state index in [9.17, 15) is 9.59 Å². The number of allylic oxidation sites excluding steroid dienone is 1. The Morgan fingerprint density at radius 3 is 2.37 bits per heavy atom. The molecule has 0 heterocycles. The predicted octanol–water partition coefficient (Wildman–Crippen LogP) is 3.17. The van der Waals surface area contributed by atoms with Gasteiger partial charge >= 0.3 is 0 Å². The Kier molecular flexibility index (Phi) is 8.17. The zero-order chi connectivity index (χ0) is 19.6. The second-order valence-electron chi connectivity index (χ2n) is 6.66.